The number of carbonyl (C=O) groups is 2. The molecule has 0 aliphatic carbocycles. The summed E-state index contributed by atoms with van der Waals surface area (Å²) in [5.41, 5.74) is 0.411. The van der Waals surface area contributed by atoms with Gasteiger partial charge in [0, 0.05) is 30.8 Å². The number of nitrogens with zero attached hydrogens (tertiary/aromatic N) is 1. The zero-order valence-corrected chi connectivity index (χ0v) is 11.8. The van der Waals surface area contributed by atoms with Crippen molar-refractivity contribution in [1.29, 1.82) is 0 Å². The van der Waals surface area contributed by atoms with Crippen molar-refractivity contribution >= 4 is 17.5 Å². The molecule has 0 radical (unpaired) electrons. The normalized spacial score (nSPS) is 15.6. The highest BCUT2D eigenvalue weighted by Gasteiger charge is 2.21. The van der Waals surface area contributed by atoms with Gasteiger partial charge in [-0.15, -0.1) is 0 Å². The summed E-state index contributed by atoms with van der Waals surface area (Å²) in [6.07, 6.45) is 1.47. The molecule has 1 aromatic rings. The van der Waals surface area contributed by atoms with E-state index in [1.807, 2.05) is 0 Å². The number of aliphatic hydroxyl groups is 1. The number of benzene rings is 1. The van der Waals surface area contributed by atoms with Gasteiger partial charge < -0.3 is 15.3 Å². The van der Waals surface area contributed by atoms with Crippen molar-refractivity contribution in [2.75, 3.05) is 18.0 Å². The molecule has 0 aromatic heterocycles. The first kappa shape index (κ1) is 14.5. The van der Waals surface area contributed by atoms with Crippen molar-refractivity contribution in [2.45, 2.75) is 32.3 Å². The van der Waals surface area contributed by atoms with E-state index in [1.54, 1.807) is 43.0 Å². The van der Waals surface area contributed by atoms with Crippen LogP contribution in [0, 0.1) is 0 Å². The lowest BCUT2D eigenvalue weighted by molar-refractivity contribution is -0.117. The Labute approximate surface area is 118 Å². The quantitative estimate of drug-likeness (QED) is 0.871. The van der Waals surface area contributed by atoms with Gasteiger partial charge in [0.25, 0.3) is 5.91 Å². The summed E-state index contributed by atoms with van der Waals surface area (Å²) in [5.74, 6) is -0.101. The van der Waals surface area contributed by atoms with Gasteiger partial charge in [-0.05, 0) is 44.5 Å². The van der Waals surface area contributed by atoms with E-state index in [4.69, 9.17) is 0 Å². The predicted octanol–water partition coefficient (Wildman–Crippen LogP) is 1.31. The van der Waals surface area contributed by atoms with Crippen LogP contribution in [0.25, 0.3) is 0 Å². The van der Waals surface area contributed by atoms with Crippen LogP contribution in [-0.2, 0) is 4.79 Å². The summed E-state index contributed by atoms with van der Waals surface area (Å²) in [7, 11) is 0. The fourth-order valence-corrected chi connectivity index (χ4v) is 2.11. The number of rotatable bonds is 4. The first-order chi connectivity index (χ1) is 9.37. The third-order valence-electron chi connectivity index (χ3n) is 3.20. The van der Waals surface area contributed by atoms with E-state index >= 15 is 0 Å². The lowest BCUT2D eigenvalue weighted by Gasteiger charge is -2.18. The van der Waals surface area contributed by atoms with Gasteiger partial charge in [-0.1, -0.05) is 0 Å². The molecular formula is C15H20N2O3. The number of hydrogen-bond acceptors (Lipinski definition) is 3. The zero-order chi connectivity index (χ0) is 14.8. The van der Waals surface area contributed by atoms with Crippen LogP contribution in [0.1, 0.15) is 37.0 Å². The molecule has 20 heavy (non-hydrogen) atoms. The molecule has 5 nitrogen and oxygen atoms in total. The van der Waals surface area contributed by atoms with E-state index in [0.717, 1.165) is 18.7 Å². The number of anilines is 1. The highest BCUT2D eigenvalue weighted by molar-refractivity contribution is 5.97. The predicted molar refractivity (Wildman–Crippen MR) is 76.7 cm³/mol. The minimum Gasteiger partial charge on any atom is -0.389 e. The second kappa shape index (κ2) is 5.63. The van der Waals surface area contributed by atoms with E-state index in [1.165, 1.54) is 0 Å². The second-order valence-electron chi connectivity index (χ2n) is 5.69. The largest absolute Gasteiger partial charge is 0.389 e. The van der Waals surface area contributed by atoms with Gasteiger partial charge in [0.1, 0.15) is 0 Å². The van der Waals surface area contributed by atoms with Crippen LogP contribution in [0.15, 0.2) is 24.3 Å². The molecule has 1 saturated heterocycles. The van der Waals surface area contributed by atoms with E-state index in [9.17, 15) is 14.7 Å². The van der Waals surface area contributed by atoms with Gasteiger partial charge in [0.05, 0.1) is 5.60 Å². The molecule has 1 aromatic carbocycles. The fraction of sp³-hybridized carbons (Fsp3) is 0.467. The van der Waals surface area contributed by atoms with Crippen molar-refractivity contribution in [3.8, 4) is 0 Å². The molecule has 1 aliphatic rings. The zero-order valence-electron chi connectivity index (χ0n) is 11.8. The van der Waals surface area contributed by atoms with Crippen molar-refractivity contribution in [2.24, 2.45) is 0 Å². The number of hydrogen-bond donors (Lipinski definition) is 2. The minimum atomic E-state index is -0.933. The molecule has 1 aliphatic heterocycles. The van der Waals surface area contributed by atoms with E-state index < -0.39 is 5.60 Å². The number of nitrogens with one attached hydrogen (secondary N) is 1. The van der Waals surface area contributed by atoms with Gasteiger partial charge in [-0.2, -0.15) is 0 Å². The first-order valence-electron chi connectivity index (χ1n) is 6.78. The van der Waals surface area contributed by atoms with Crippen LogP contribution < -0.4 is 10.2 Å². The van der Waals surface area contributed by atoms with E-state index in [2.05, 4.69) is 5.32 Å². The average molecular weight is 276 g/mol. The monoisotopic (exact) mass is 276 g/mol. The van der Waals surface area contributed by atoms with Gasteiger partial charge in [0.2, 0.25) is 5.91 Å². The summed E-state index contributed by atoms with van der Waals surface area (Å²) in [6, 6.07) is 6.95. The average Bonchev–Trinajstić information content (AvgIpc) is 2.81. The SMILES string of the molecule is CC(C)(O)CNC(=O)c1ccc(N2CCCC2=O)cc1. The van der Waals surface area contributed by atoms with Gasteiger partial charge in [-0.3, -0.25) is 9.59 Å². The number of carbonyl (C=O) groups excluding carboxylic acids is 2. The van der Waals surface area contributed by atoms with Crippen molar-refractivity contribution in [3.63, 3.8) is 0 Å². The number of amides is 2. The standard InChI is InChI=1S/C15H20N2O3/c1-15(2,20)10-16-14(19)11-5-7-12(8-6-11)17-9-3-4-13(17)18/h5-8,20H,3-4,9-10H2,1-2H3,(H,16,19). The van der Waals surface area contributed by atoms with Crippen molar-refractivity contribution in [3.05, 3.63) is 29.8 Å². The van der Waals surface area contributed by atoms with Crippen LogP contribution in [0.4, 0.5) is 5.69 Å². The Hall–Kier alpha value is -1.88. The summed E-state index contributed by atoms with van der Waals surface area (Å²) in [5, 5.41) is 12.2. The molecular weight excluding hydrogens is 256 g/mol. The Bertz CT molecular complexity index is 503. The van der Waals surface area contributed by atoms with E-state index in [-0.39, 0.29) is 18.4 Å². The highest BCUT2D eigenvalue weighted by Crippen LogP contribution is 2.21. The van der Waals surface area contributed by atoms with E-state index in [0.29, 0.717) is 12.0 Å². The van der Waals surface area contributed by atoms with Crippen molar-refractivity contribution in [1.82, 2.24) is 5.32 Å². The second-order valence-corrected chi connectivity index (χ2v) is 5.69. The third-order valence-corrected chi connectivity index (χ3v) is 3.20. The van der Waals surface area contributed by atoms with Gasteiger partial charge in [0.15, 0.2) is 0 Å². The molecule has 0 bridgehead atoms. The third kappa shape index (κ3) is 3.57. The van der Waals surface area contributed by atoms with Crippen molar-refractivity contribution < 1.29 is 14.7 Å². The van der Waals surface area contributed by atoms with Crippen LogP contribution in [0.5, 0.6) is 0 Å². The molecule has 0 atom stereocenters. The molecule has 2 amide bonds. The molecule has 0 unspecified atom stereocenters. The Morgan fingerprint density at radius 3 is 2.50 bits per heavy atom. The molecule has 108 valence electrons. The summed E-state index contributed by atoms with van der Waals surface area (Å²) >= 11 is 0. The maximum absolute atomic E-state index is 11.9. The van der Waals surface area contributed by atoms with Crippen LogP contribution in [0.3, 0.4) is 0 Å². The fourth-order valence-electron chi connectivity index (χ4n) is 2.11. The Morgan fingerprint density at radius 2 is 2.00 bits per heavy atom. The topological polar surface area (TPSA) is 69.6 Å². The van der Waals surface area contributed by atoms with Gasteiger partial charge in [-0.25, -0.2) is 0 Å². The molecule has 1 fully saturated rings. The first-order valence-corrected chi connectivity index (χ1v) is 6.78. The maximum Gasteiger partial charge on any atom is 0.251 e. The molecule has 2 N–H and O–H groups in total. The lowest BCUT2D eigenvalue weighted by Crippen LogP contribution is -2.38. The summed E-state index contributed by atoms with van der Waals surface area (Å²) < 4.78 is 0. The molecule has 0 saturated carbocycles. The molecule has 2 rings (SSSR count). The smallest absolute Gasteiger partial charge is 0.251 e. The molecule has 1 heterocycles. The van der Waals surface area contributed by atoms with Crippen LogP contribution in [0.2, 0.25) is 0 Å². The highest BCUT2D eigenvalue weighted by atomic mass is 16.3. The summed E-state index contributed by atoms with van der Waals surface area (Å²) in [4.78, 5) is 25.2. The van der Waals surface area contributed by atoms with Crippen LogP contribution in [-0.4, -0.2) is 35.6 Å². The molecule has 5 heteroatoms. The van der Waals surface area contributed by atoms with Crippen LogP contribution >= 0.6 is 0 Å². The molecule has 0 spiro atoms. The summed E-state index contributed by atoms with van der Waals surface area (Å²) in [6.45, 7) is 4.20. The Kier molecular flexibility index (Phi) is 4.09. The minimum absolute atomic E-state index is 0.129. The lowest BCUT2D eigenvalue weighted by atomic mass is 10.1. The maximum atomic E-state index is 11.9. The van der Waals surface area contributed by atoms with Gasteiger partial charge >= 0.3 is 0 Å². The Balaban J connectivity index is 2.01. The Morgan fingerprint density at radius 1 is 1.35 bits per heavy atom.